The molecule has 260 valence electrons. The van der Waals surface area contributed by atoms with Crippen LogP contribution in [-0.2, 0) is 9.59 Å². The number of amides is 2. The summed E-state index contributed by atoms with van der Waals surface area (Å²) < 4.78 is 11.7. The lowest BCUT2D eigenvalue weighted by molar-refractivity contribution is -0.133. The first-order valence-electron chi connectivity index (χ1n) is 17.7. The van der Waals surface area contributed by atoms with Crippen LogP contribution in [0.5, 0.6) is 0 Å². The minimum Gasteiger partial charge on any atom is -0.418 e. The van der Waals surface area contributed by atoms with Gasteiger partial charge in [0.15, 0.2) is 0 Å². The maximum Gasteiger partial charge on any atom is 0.247 e. The van der Waals surface area contributed by atoms with Crippen LogP contribution in [0.15, 0.2) is 57.4 Å². The standard InChI is InChI=1S/C20H24ClN3O2.C17H20ClN3O2/c21-16-8-3-7-15(13-16)19-22-23-20(26-19)17-9-4-12-24(17)18(25)11-10-14-5-1-2-6-14;1-2-3-9-15(22)21-10-5-8-14(21)17-20-19-16(23-17)12-6-4-7-13(18)11-12/h3,7-8,13-14,17H,1-2,4-6,9-12H2;4,6-7,11,14H,2-3,5,8-10H2,1H3. The van der Waals surface area contributed by atoms with E-state index < -0.39 is 0 Å². The smallest absolute Gasteiger partial charge is 0.247 e. The van der Waals surface area contributed by atoms with Crippen LogP contribution in [0.25, 0.3) is 22.9 Å². The maximum absolute atomic E-state index is 12.7. The summed E-state index contributed by atoms with van der Waals surface area (Å²) >= 11 is 12.0. The van der Waals surface area contributed by atoms with E-state index >= 15 is 0 Å². The molecular weight excluding hydrogens is 663 g/mol. The number of carbonyl (C=O) groups excluding carboxylic acids is 2. The summed E-state index contributed by atoms with van der Waals surface area (Å²) in [5.41, 5.74) is 1.59. The van der Waals surface area contributed by atoms with Crippen molar-refractivity contribution in [3.8, 4) is 22.9 Å². The van der Waals surface area contributed by atoms with Gasteiger partial charge in [0.2, 0.25) is 35.4 Å². The van der Waals surface area contributed by atoms with Gasteiger partial charge in [-0.05, 0) is 80.8 Å². The lowest BCUT2D eigenvalue weighted by atomic mass is 10.0. The molecule has 1 aliphatic carbocycles. The van der Waals surface area contributed by atoms with Crippen LogP contribution in [0.4, 0.5) is 0 Å². The molecule has 12 heteroatoms. The molecule has 0 bridgehead atoms. The predicted molar refractivity (Wildman–Crippen MR) is 188 cm³/mol. The van der Waals surface area contributed by atoms with Gasteiger partial charge in [0.05, 0.1) is 0 Å². The fourth-order valence-corrected chi connectivity index (χ4v) is 7.48. The third kappa shape index (κ3) is 8.89. The van der Waals surface area contributed by atoms with E-state index in [2.05, 4.69) is 27.3 Å². The Bertz CT molecular complexity index is 1700. The van der Waals surface area contributed by atoms with Gasteiger partial charge in [-0.3, -0.25) is 9.59 Å². The number of halogens is 2. The highest BCUT2D eigenvalue weighted by atomic mass is 35.5. The second-order valence-corrected chi connectivity index (χ2v) is 14.1. The average Bonchev–Trinajstić information content (AvgIpc) is 3.96. The van der Waals surface area contributed by atoms with Gasteiger partial charge >= 0.3 is 0 Å². The Labute approximate surface area is 297 Å². The van der Waals surface area contributed by atoms with Crippen molar-refractivity contribution < 1.29 is 18.4 Å². The minimum atomic E-state index is -0.0974. The van der Waals surface area contributed by atoms with Crippen LogP contribution in [0.3, 0.4) is 0 Å². The van der Waals surface area contributed by atoms with Gasteiger partial charge < -0.3 is 18.6 Å². The van der Waals surface area contributed by atoms with Crippen molar-refractivity contribution in [1.29, 1.82) is 0 Å². The summed E-state index contributed by atoms with van der Waals surface area (Å²) in [6.07, 6.45) is 13.1. The quantitative estimate of drug-likeness (QED) is 0.160. The molecule has 10 nitrogen and oxygen atoms in total. The van der Waals surface area contributed by atoms with E-state index in [-0.39, 0.29) is 23.9 Å². The van der Waals surface area contributed by atoms with Crippen LogP contribution in [-0.4, -0.2) is 55.1 Å². The van der Waals surface area contributed by atoms with E-state index in [0.717, 1.165) is 75.1 Å². The molecule has 0 spiro atoms. The summed E-state index contributed by atoms with van der Waals surface area (Å²) in [5.74, 6) is 3.08. The molecule has 2 aromatic carbocycles. The Morgan fingerprint density at radius 1 is 0.714 bits per heavy atom. The molecule has 3 fully saturated rings. The van der Waals surface area contributed by atoms with Crippen molar-refractivity contribution in [3.05, 3.63) is 70.4 Å². The van der Waals surface area contributed by atoms with Gasteiger partial charge in [-0.15, -0.1) is 20.4 Å². The van der Waals surface area contributed by atoms with Crippen molar-refractivity contribution in [2.45, 2.75) is 102 Å². The summed E-state index contributed by atoms with van der Waals surface area (Å²) in [6.45, 7) is 3.63. The van der Waals surface area contributed by atoms with Crippen LogP contribution >= 0.6 is 23.2 Å². The number of nitrogens with zero attached hydrogens (tertiary/aromatic N) is 6. The second-order valence-electron chi connectivity index (χ2n) is 13.2. The number of rotatable bonds is 10. The molecule has 2 saturated heterocycles. The highest BCUT2D eigenvalue weighted by Gasteiger charge is 2.35. The first-order chi connectivity index (χ1) is 23.9. The molecule has 2 unspecified atom stereocenters. The molecule has 49 heavy (non-hydrogen) atoms. The fraction of sp³-hybridized carbons (Fsp3) is 0.514. The Morgan fingerprint density at radius 2 is 1.22 bits per heavy atom. The molecule has 2 amide bonds. The first kappa shape index (κ1) is 35.1. The van der Waals surface area contributed by atoms with E-state index in [1.165, 1.54) is 25.7 Å². The predicted octanol–water partition coefficient (Wildman–Crippen LogP) is 9.27. The number of aromatic nitrogens is 4. The van der Waals surface area contributed by atoms with E-state index in [4.69, 9.17) is 32.0 Å². The van der Waals surface area contributed by atoms with Crippen molar-refractivity contribution in [2.24, 2.45) is 5.92 Å². The van der Waals surface area contributed by atoms with Crippen LogP contribution in [0.2, 0.25) is 10.0 Å². The average molecular weight is 708 g/mol. The zero-order valence-corrected chi connectivity index (χ0v) is 29.5. The fourth-order valence-electron chi connectivity index (χ4n) is 7.10. The molecule has 3 aliphatic rings. The SMILES string of the molecule is CCCCC(=O)N1CCCC1c1nnc(-c2cccc(Cl)c2)o1.O=C(CCC1CCCC1)N1CCCC1c1nnc(-c2cccc(Cl)c2)o1. The van der Waals surface area contributed by atoms with Gasteiger partial charge in [-0.2, -0.15) is 0 Å². The number of likely N-dealkylation sites (tertiary alicyclic amines) is 2. The number of hydrogen-bond acceptors (Lipinski definition) is 8. The molecule has 4 aromatic rings. The molecule has 7 rings (SSSR count). The number of hydrogen-bond donors (Lipinski definition) is 0. The Kier molecular flexibility index (Phi) is 12.0. The van der Waals surface area contributed by atoms with Crippen molar-refractivity contribution >= 4 is 35.0 Å². The summed E-state index contributed by atoms with van der Waals surface area (Å²) in [7, 11) is 0. The third-order valence-electron chi connectivity index (χ3n) is 9.73. The van der Waals surface area contributed by atoms with E-state index in [1.54, 1.807) is 18.2 Å². The Morgan fingerprint density at radius 3 is 1.71 bits per heavy atom. The molecule has 0 N–H and O–H groups in total. The van der Waals surface area contributed by atoms with Crippen molar-refractivity contribution in [1.82, 2.24) is 30.2 Å². The molecule has 0 radical (unpaired) electrons. The number of unbranched alkanes of at least 4 members (excludes halogenated alkanes) is 1. The van der Waals surface area contributed by atoms with Gasteiger partial charge in [0, 0.05) is 47.1 Å². The largest absolute Gasteiger partial charge is 0.418 e. The molecular formula is C37H44Cl2N6O4. The molecule has 4 heterocycles. The number of benzene rings is 2. The Balaban J connectivity index is 0.000000171. The molecule has 2 atom stereocenters. The Hall–Kier alpha value is -3.76. The maximum atomic E-state index is 12.7. The molecule has 2 aromatic heterocycles. The second kappa shape index (κ2) is 16.8. The van der Waals surface area contributed by atoms with Crippen LogP contribution < -0.4 is 0 Å². The monoisotopic (exact) mass is 706 g/mol. The lowest BCUT2D eigenvalue weighted by Gasteiger charge is -2.22. The molecule has 1 saturated carbocycles. The van der Waals surface area contributed by atoms with E-state index in [9.17, 15) is 9.59 Å². The zero-order chi connectivity index (χ0) is 34.2. The third-order valence-corrected chi connectivity index (χ3v) is 10.2. The van der Waals surface area contributed by atoms with Gasteiger partial charge in [0.1, 0.15) is 12.1 Å². The summed E-state index contributed by atoms with van der Waals surface area (Å²) in [5, 5.41) is 17.9. The van der Waals surface area contributed by atoms with Crippen LogP contribution in [0, 0.1) is 5.92 Å². The van der Waals surface area contributed by atoms with Crippen LogP contribution in [0.1, 0.15) is 114 Å². The van der Waals surface area contributed by atoms with Crippen molar-refractivity contribution in [3.63, 3.8) is 0 Å². The van der Waals surface area contributed by atoms with Crippen molar-refractivity contribution in [2.75, 3.05) is 13.1 Å². The first-order valence-corrected chi connectivity index (χ1v) is 18.4. The normalized spacial score (nSPS) is 19.3. The van der Waals surface area contributed by atoms with E-state index in [0.29, 0.717) is 46.4 Å². The summed E-state index contributed by atoms with van der Waals surface area (Å²) in [6, 6.07) is 14.5. The lowest BCUT2D eigenvalue weighted by Crippen LogP contribution is -2.30. The highest BCUT2D eigenvalue weighted by Crippen LogP contribution is 2.36. The van der Waals surface area contributed by atoms with Gasteiger partial charge in [-0.25, -0.2) is 0 Å². The van der Waals surface area contributed by atoms with Gasteiger partial charge in [-0.1, -0.05) is 74.4 Å². The van der Waals surface area contributed by atoms with E-state index in [1.807, 2.05) is 40.1 Å². The topological polar surface area (TPSA) is 118 Å². The molecule has 2 aliphatic heterocycles. The number of carbonyl (C=O) groups is 2. The minimum absolute atomic E-state index is 0.0912. The zero-order valence-electron chi connectivity index (χ0n) is 28.0. The summed E-state index contributed by atoms with van der Waals surface area (Å²) in [4.78, 5) is 28.9. The van der Waals surface area contributed by atoms with Gasteiger partial charge in [0.25, 0.3) is 0 Å². The highest BCUT2D eigenvalue weighted by molar-refractivity contribution is 6.31.